The number of aryl methyl sites for hydroxylation is 2. The Labute approximate surface area is 332 Å². The predicted molar refractivity (Wildman–Crippen MR) is 214 cm³/mol. The van der Waals surface area contributed by atoms with Crippen LogP contribution < -0.4 is 31.5 Å². The van der Waals surface area contributed by atoms with Gasteiger partial charge in [0.25, 0.3) is 11.5 Å². The number of likely N-dealkylation sites (tertiary alicyclic amines) is 1. The number of nitrogens with one attached hydrogen (secondary N) is 2. The molecule has 58 heavy (non-hydrogen) atoms. The van der Waals surface area contributed by atoms with Crippen molar-refractivity contribution < 1.29 is 23.9 Å². The van der Waals surface area contributed by atoms with Crippen LogP contribution in [0.2, 0.25) is 0 Å². The number of fused-ring (bicyclic) bond motifs is 2. The van der Waals surface area contributed by atoms with E-state index in [1.54, 1.807) is 50.8 Å². The minimum absolute atomic E-state index is 0.0801. The van der Waals surface area contributed by atoms with E-state index < -0.39 is 23.5 Å². The number of hydrogen-bond acceptors (Lipinski definition) is 11. The summed E-state index contributed by atoms with van der Waals surface area (Å²) >= 11 is 0. The number of hydrogen-bond donors (Lipinski definition) is 2. The molecule has 1 atom stereocenters. The van der Waals surface area contributed by atoms with Crippen LogP contribution in [0.4, 0.5) is 11.6 Å². The van der Waals surface area contributed by atoms with Crippen LogP contribution in [0.15, 0.2) is 52.4 Å². The summed E-state index contributed by atoms with van der Waals surface area (Å²) in [5.41, 5.74) is 1.31. The molecule has 7 heterocycles. The van der Waals surface area contributed by atoms with Crippen molar-refractivity contribution in [2.24, 2.45) is 20.0 Å². The third kappa shape index (κ3) is 7.45. The van der Waals surface area contributed by atoms with Gasteiger partial charge in [-0.05, 0) is 70.1 Å². The van der Waals surface area contributed by atoms with Crippen LogP contribution in [0.5, 0.6) is 5.75 Å². The van der Waals surface area contributed by atoms with Gasteiger partial charge in [0.1, 0.15) is 23.0 Å². The number of pyridine rings is 1. The highest BCUT2D eigenvalue weighted by Gasteiger charge is 2.33. The molecular weight excluding hydrogens is 747 g/mol. The summed E-state index contributed by atoms with van der Waals surface area (Å²) in [5.74, 6) is -0.0741. The molecule has 5 aromatic rings. The molecule has 4 amide bonds. The zero-order valence-corrected chi connectivity index (χ0v) is 33.0. The molecule has 0 aliphatic carbocycles. The minimum Gasteiger partial charge on any atom is -0.490 e. The van der Waals surface area contributed by atoms with E-state index >= 15 is 0 Å². The number of piperidine rings is 3. The number of imidazole rings is 1. The maximum absolute atomic E-state index is 13.5. The first-order valence-corrected chi connectivity index (χ1v) is 19.8. The molecule has 0 bridgehead atoms. The van der Waals surface area contributed by atoms with Crippen molar-refractivity contribution in [1.82, 2.24) is 43.7 Å². The summed E-state index contributed by atoms with van der Waals surface area (Å²) in [4.78, 5) is 90.2. The number of carbonyl (C=O) groups is 4. The smallest absolute Gasteiger partial charge is 0.330 e. The van der Waals surface area contributed by atoms with Gasteiger partial charge in [-0.3, -0.25) is 43.1 Å². The van der Waals surface area contributed by atoms with Gasteiger partial charge in [-0.25, -0.2) is 9.78 Å². The summed E-state index contributed by atoms with van der Waals surface area (Å²) in [6.45, 7) is 6.32. The Balaban J connectivity index is 0.868. The summed E-state index contributed by atoms with van der Waals surface area (Å²) < 4.78 is 12.1. The Morgan fingerprint density at radius 3 is 2.48 bits per heavy atom. The van der Waals surface area contributed by atoms with Crippen LogP contribution in [0, 0.1) is 5.92 Å². The minimum atomic E-state index is -0.804. The average Bonchev–Trinajstić information content (AvgIpc) is 3.73. The molecule has 3 fully saturated rings. The van der Waals surface area contributed by atoms with Crippen molar-refractivity contribution in [2.45, 2.75) is 77.0 Å². The molecule has 8 rings (SSSR count). The van der Waals surface area contributed by atoms with E-state index in [0.29, 0.717) is 66.5 Å². The van der Waals surface area contributed by atoms with Gasteiger partial charge in [-0.15, -0.1) is 0 Å². The Morgan fingerprint density at radius 2 is 1.76 bits per heavy atom. The molecule has 2 N–H and O–H groups in total. The number of rotatable bonds is 9. The largest absolute Gasteiger partial charge is 0.490 e. The number of amides is 4. The van der Waals surface area contributed by atoms with Gasteiger partial charge in [0, 0.05) is 77.0 Å². The van der Waals surface area contributed by atoms with Crippen LogP contribution in [-0.4, -0.2) is 94.3 Å². The van der Waals surface area contributed by atoms with Gasteiger partial charge < -0.3 is 24.4 Å². The van der Waals surface area contributed by atoms with E-state index in [2.05, 4.69) is 20.5 Å². The summed E-state index contributed by atoms with van der Waals surface area (Å²) in [6.07, 6.45) is 8.85. The lowest BCUT2D eigenvalue weighted by molar-refractivity contribution is -0.136. The number of carbonyl (C=O) groups excluding carboxylic acids is 4. The monoisotopic (exact) mass is 793 g/mol. The van der Waals surface area contributed by atoms with E-state index in [9.17, 15) is 28.8 Å². The SMILES string of the molecule is CC(C)Oc1cc2nn(C3CCN(C(=O)CC4CCN(c5ncc6c(n5)n(C)c(=O)n6C5CCC(=O)NC5=O)CC4)CC3)cc2cc1C(=O)Nc1cccn(C)c1=O. The van der Waals surface area contributed by atoms with Crippen LogP contribution in [0.25, 0.3) is 22.1 Å². The van der Waals surface area contributed by atoms with Crippen molar-refractivity contribution in [3.05, 3.63) is 69.3 Å². The topological polar surface area (TPSA) is 201 Å². The van der Waals surface area contributed by atoms with Crippen LogP contribution in [0.3, 0.4) is 0 Å². The molecule has 1 aromatic carbocycles. The fourth-order valence-electron chi connectivity index (χ4n) is 8.27. The summed E-state index contributed by atoms with van der Waals surface area (Å²) in [5, 5.41) is 10.7. The van der Waals surface area contributed by atoms with Gasteiger partial charge in [0.2, 0.25) is 23.7 Å². The highest BCUT2D eigenvalue weighted by molar-refractivity contribution is 6.08. The molecule has 4 aromatic heterocycles. The van der Waals surface area contributed by atoms with Crippen molar-refractivity contribution in [2.75, 3.05) is 36.4 Å². The van der Waals surface area contributed by atoms with Gasteiger partial charge >= 0.3 is 5.69 Å². The quantitative estimate of drug-likeness (QED) is 0.208. The first kappa shape index (κ1) is 38.5. The number of aromatic nitrogens is 7. The van der Waals surface area contributed by atoms with Gasteiger partial charge in [0.15, 0.2) is 5.65 Å². The number of anilines is 2. The van der Waals surface area contributed by atoms with Gasteiger partial charge in [-0.1, -0.05) is 0 Å². The Bertz CT molecular complexity index is 2550. The van der Waals surface area contributed by atoms with E-state index in [0.717, 1.165) is 31.1 Å². The second-order valence-electron chi connectivity index (χ2n) is 15.8. The first-order chi connectivity index (χ1) is 27.8. The lowest BCUT2D eigenvalue weighted by Crippen LogP contribution is -2.44. The molecule has 3 aliphatic rings. The molecule has 1 unspecified atom stereocenters. The molecule has 0 radical (unpaired) electrons. The lowest BCUT2D eigenvalue weighted by Gasteiger charge is -2.35. The third-order valence-corrected chi connectivity index (χ3v) is 11.5. The summed E-state index contributed by atoms with van der Waals surface area (Å²) in [6, 6.07) is 6.05. The number of nitrogens with zero attached hydrogens (tertiary/aromatic N) is 9. The van der Waals surface area contributed by atoms with Crippen LogP contribution >= 0.6 is 0 Å². The van der Waals surface area contributed by atoms with E-state index in [4.69, 9.17) is 14.8 Å². The summed E-state index contributed by atoms with van der Waals surface area (Å²) in [7, 11) is 3.23. The molecule has 18 heteroatoms. The Hall–Kier alpha value is -6.33. The fraction of sp³-hybridized carbons (Fsp3) is 0.475. The molecule has 0 spiro atoms. The van der Waals surface area contributed by atoms with E-state index in [1.807, 2.05) is 29.6 Å². The highest BCUT2D eigenvalue weighted by atomic mass is 16.5. The zero-order chi connectivity index (χ0) is 40.8. The van der Waals surface area contributed by atoms with E-state index in [-0.39, 0.29) is 54.0 Å². The Morgan fingerprint density at radius 1 is 1.00 bits per heavy atom. The zero-order valence-electron chi connectivity index (χ0n) is 33.0. The number of benzene rings is 1. The average molecular weight is 794 g/mol. The number of imide groups is 1. The molecule has 3 saturated heterocycles. The van der Waals surface area contributed by atoms with Crippen molar-refractivity contribution in [3.8, 4) is 5.75 Å². The predicted octanol–water partition coefficient (Wildman–Crippen LogP) is 2.67. The van der Waals surface area contributed by atoms with Crippen molar-refractivity contribution >= 4 is 57.3 Å². The molecule has 0 saturated carbocycles. The van der Waals surface area contributed by atoms with Crippen LogP contribution in [-0.2, 0) is 28.5 Å². The lowest BCUT2D eigenvalue weighted by atomic mass is 9.92. The van der Waals surface area contributed by atoms with Crippen LogP contribution in [0.1, 0.15) is 81.2 Å². The van der Waals surface area contributed by atoms with Gasteiger partial charge in [-0.2, -0.15) is 10.1 Å². The molecule has 304 valence electrons. The third-order valence-electron chi connectivity index (χ3n) is 11.5. The molecular formula is C40H47N11O7. The van der Waals surface area contributed by atoms with Gasteiger partial charge in [0.05, 0.1) is 29.4 Å². The maximum atomic E-state index is 13.5. The molecule has 3 aliphatic heterocycles. The maximum Gasteiger partial charge on any atom is 0.330 e. The van der Waals surface area contributed by atoms with E-state index in [1.165, 1.54) is 13.7 Å². The first-order valence-electron chi connectivity index (χ1n) is 19.8. The number of ether oxygens (including phenoxy) is 1. The normalized spacial score (nSPS) is 18.3. The Kier molecular flexibility index (Phi) is 10.3. The second kappa shape index (κ2) is 15.5. The van der Waals surface area contributed by atoms with Crippen molar-refractivity contribution in [3.63, 3.8) is 0 Å². The highest BCUT2D eigenvalue weighted by Crippen LogP contribution is 2.32. The standard InChI is InChI=1S/C40H47N11O7/c1-23(2)58-32-20-29-25(19-27(32)36(54)42-28-6-5-13-46(3)38(28)56)22-50(45-29)26-11-16-48(17-12-26)34(53)18-24-9-14-49(15-10-24)39-41-21-31-35(44-39)47(4)40(57)51(31)30-7-8-33(52)43-37(30)55/h5-6,13,19-24,26,30H,7-12,14-18H2,1-4H3,(H,42,54)(H,43,52,55). The molecule has 18 nitrogen and oxygen atoms in total. The van der Waals surface area contributed by atoms with Crippen molar-refractivity contribution in [1.29, 1.82) is 0 Å². The fourth-order valence-corrected chi connectivity index (χ4v) is 8.27. The second-order valence-corrected chi connectivity index (χ2v) is 15.8.